The number of anilines is 1. The number of hydrogen-bond acceptors (Lipinski definition) is 5. The van der Waals surface area contributed by atoms with Crippen molar-refractivity contribution in [1.29, 1.82) is 0 Å². The first-order valence-corrected chi connectivity index (χ1v) is 10.6. The van der Waals surface area contributed by atoms with Gasteiger partial charge in [0.05, 0.1) is 28.7 Å². The van der Waals surface area contributed by atoms with Crippen molar-refractivity contribution in [3.05, 3.63) is 54.6 Å². The van der Waals surface area contributed by atoms with Crippen LogP contribution in [0.4, 0.5) is 5.95 Å². The van der Waals surface area contributed by atoms with Crippen LogP contribution >= 0.6 is 23.2 Å². The van der Waals surface area contributed by atoms with Crippen LogP contribution in [0, 0.1) is 0 Å². The lowest BCUT2D eigenvalue weighted by Crippen LogP contribution is -2.39. The first-order chi connectivity index (χ1) is 14.3. The Bertz CT molecular complexity index is 1230. The number of nitrogens with zero attached hydrogens (tertiary/aromatic N) is 4. The molecule has 2 heterocycles. The molecule has 1 aliphatic rings. The van der Waals surface area contributed by atoms with E-state index in [0.29, 0.717) is 32.7 Å². The molecular formula is C20H23Cl2N5O3. The highest BCUT2D eigenvalue weighted by Gasteiger charge is 2.26. The van der Waals surface area contributed by atoms with Gasteiger partial charge in [-0.1, -0.05) is 42.1 Å². The highest BCUT2D eigenvalue weighted by atomic mass is 35.5. The molecular weight excluding hydrogens is 429 g/mol. The van der Waals surface area contributed by atoms with Gasteiger partial charge >= 0.3 is 5.69 Å². The molecule has 2 N–H and O–H groups in total. The van der Waals surface area contributed by atoms with Crippen LogP contribution in [0.25, 0.3) is 11.2 Å². The molecule has 10 heteroatoms. The predicted octanol–water partition coefficient (Wildman–Crippen LogP) is 2.50. The molecule has 1 aromatic carbocycles. The SMILES string of the molecule is Cn1c(NC2CCCCC2O)nc2c1c(=O)n(Cc1ccc(Cl)c(Cl)c1)c(=O)n2C. The Hall–Kier alpha value is -2.29. The van der Waals surface area contributed by atoms with Gasteiger partial charge in [-0.05, 0) is 30.5 Å². The number of imidazole rings is 1. The van der Waals surface area contributed by atoms with E-state index >= 15 is 0 Å². The van der Waals surface area contributed by atoms with Crippen molar-refractivity contribution in [1.82, 2.24) is 18.7 Å². The molecule has 3 aromatic rings. The van der Waals surface area contributed by atoms with E-state index < -0.39 is 17.4 Å². The predicted molar refractivity (Wildman–Crippen MR) is 118 cm³/mol. The Kier molecular flexibility index (Phi) is 5.65. The van der Waals surface area contributed by atoms with Crippen LogP contribution in [0.15, 0.2) is 27.8 Å². The summed E-state index contributed by atoms with van der Waals surface area (Å²) in [5, 5.41) is 14.3. The molecule has 8 nitrogen and oxygen atoms in total. The van der Waals surface area contributed by atoms with Crippen molar-refractivity contribution in [2.75, 3.05) is 5.32 Å². The lowest BCUT2D eigenvalue weighted by Gasteiger charge is -2.28. The van der Waals surface area contributed by atoms with Crippen molar-refractivity contribution in [3.8, 4) is 0 Å². The zero-order valence-electron chi connectivity index (χ0n) is 16.7. The topological polar surface area (TPSA) is 94.1 Å². The van der Waals surface area contributed by atoms with Gasteiger partial charge in [0.15, 0.2) is 11.2 Å². The standard InChI is InChI=1S/C20H23Cl2N5O3/c1-25-16-17(24-19(25)23-14-5-3-4-6-15(14)28)26(2)20(30)27(18(16)29)10-11-7-8-12(21)13(22)9-11/h7-9,14-15,28H,3-6,10H2,1-2H3,(H,23,24). The van der Waals surface area contributed by atoms with Crippen LogP contribution in [-0.2, 0) is 20.6 Å². The molecule has 30 heavy (non-hydrogen) atoms. The number of aromatic nitrogens is 4. The van der Waals surface area contributed by atoms with Gasteiger partial charge in [0.1, 0.15) is 0 Å². The van der Waals surface area contributed by atoms with Crippen molar-refractivity contribution >= 4 is 40.3 Å². The minimum atomic E-state index is -0.471. The van der Waals surface area contributed by atoms with Crippen molar-refractivity contribution in [2.24, 2.45) is 14.1 Å². The largest absolute Gasteiger partial charge is 0.391 e. The van der Waals surface area contributed by atoms with Crippen LogP contribution in [0.5, 0.6) is 0 Å². The Morgan fingerprint density at radius 3 is 2.57 bits per heavy atom. The number of rotatable bonds is 4. The minimum absolute atomic E-state index is 0.0631. The molecule has 0 radical (unpaired) electrons. The van der Waals surface area contributed by atoms with Gasteiger partial charge in [-0.15, -0.1) is 0 Å². The average Bonchev–Trinajstić information content (AvgIpc) is 3.04. The monoisotopic (exact) mass is 451 g/mol. The molecule has 1 saturated carbocycles. The molecule has 1 fully saturated rings. The van der Waals surface area contributed by atoms with Gasteiger partial charge in [0.25, 0.3) is 5.56 Å². The number of halogens is 2. The van der Waals surface area contributed by atoms with E-state index in [0.717, 1.165) is 30.3 Å². The molecule has 0 bridgehead atoms. The quantitative estimate of drug-likeness (QED) is 0.635. The third kappa shape index (κ3) is 3.64. The van der Waals surface area contributed by atoms with Gasteiger partial charge < -0.3 is 15.0 Å². The molecule has 0 saturated heterocycles. The van der Waals surface area contributed by atoms with Gasteiger partial charge in [-0.25, -0.2) is 4.79 Å². The summed E-state index contributed by atoms with van der Waals surface area (Å²) in [6.07, 6.45) is 3.11. The van der Waals surface area contributed by atoms with Gasteiger partial charge in [0, 0.05) is 14.1 Å². The highest BCUT2D eigenvalue weighted by Crippen LogP contribution is 2.24. The first kappa shape index (κ1) is 21.0. The van der Waals surface area contributed by atoms with Crippen LogP contribution in [0.1, 0.15) is 31.2 Å². The molecule has 2 aromatic heterocycles. The first-order valence-electron chi connectivity index (χ1n) is 9.82. The Morgan fingerprint density at radius 1 is 1.13 bits per heavy atom. The fraction of sp³-hybridized carbons (Fsp3) is 0.450. The zero-order valence-corrected chi connectivity index (χ0v) is 18.2. The normalized spacial score (nSPS) is 19.4. The van der Waals surface area contributed by atoms with Crippen LogP contribution in [0.3, 0.4) is 0 Å². The maximum atomic E-state index is 13.2. The second-order valence-corrected chi connectivity index (χ2v) is 8.57. The van der Waals surface area contributed by atoms with E-state index in [1.165, 1.54) is 4.57 Å². The number of nitrogens with one attached hydrogen (secondary N) is 1. The van der Waals surface area contributed by atoms with Crippen LogP contribution < -0.4 is 16.6 Å². The minimum Gasteiger partial charge on any atom is -0.391 e. The lowest BCUT2D eigenvalue weighted by atomic mass is 9.93. The zero-order chi connectivity index (χ0) is 21.6. The van der Waals surface area contributed by atoms with E-state index in [4.69, 9.17) is 23.2 Å². The summed E-state index contributed by atoms with van der Waals surface area (Å²) in [7, 11) is 3.31. The van der Waals surface area contributed by atoms with E-state index in [-0.39, 0.29) is 12.6 Å². The summed E-state index contributed by atoms with van der Waals surface area (Å²) in [6.45, 7) is 0.0631. The summed E-state index contributed by atoms with van der Waals surface area (Å²) >= 11 is 12.0. The summed E-state index contributed by atoms with van der Waals surface area (Å²) in [4.78, 5) is 30.6. The van der Waals surface area contributed by atoms with Gasteiger partial charge in [0.2, 0.25) is 5.95 Å². The highest BCUT2D eigenvalue weighted by molar-refractivity contribution is 6.42. The Balaban J connectivity index is 1.78. The van der Waals surface area contributed by atoms with E-state index in [1.807, 2.05) is 0 Å². The number of aliphatic hydroxyl groups excluding tert-OH is 1. The van der Waals surface area contributed by atoms with Crippen LogP contribution in [0.2, 0.25) is 10.0 Å². The molecule has 2 unspecified atom stereocenters. The van der Waals surface area contributed by atoms with E-state index in [9.17, 15) is 14.7 Å². The second kappa shape index (κ2) is 8.09. The van der Waals surface area contributed by atoms with E-state index in [2.05, 4.69) is 10.3 Å². The Labute approximate surface area is 182 Å². The lowest BCUT2D eigenvalue weighted by molar-refractivity contribution is 0.116. The third-order valence-electron chi connectivity index (χ3n) is 5.73. The summed E-state index contributed by atoms with van der Waals surface area (Å²) in [5.74, 6) is 0.454. The molecule has 0 amide bonds. The number of aliphatic hydroxyl groups is 1. The maximum Gasteiger partial charge on any atom is 0.332 e. The average molecular weight is 452 g/mol. The van der Waals surface area contributed by atoms with Crippen molar-refractivity contribution in [3.63, 3.8) is 0 Å². The summed E-state index contributed by atoms with van der Waals surface area (Å²) in [6, 6.07) is 4.87. The fourth-order valence-electron chi connectivity index (χ4n) is 3.98. The smallest absolute Gasteiger partial charge is 0.332 e. The number of aryl methyl sites for hydroxylation is 2. The summed E-state index contributed by atoms with van der Waals surface area (Å²) in [5.41, 5.74) is 0.386. The summed E-state index contributed by atoms with van der Waals surface area (Å²) < 4.78 is 4.16. The van der Waals surface area contributed by atoms with Crippen LogP contribution in [-0.4, -0.2) is 35.9 Å². The van der Waals surface area contributed by atoms with Crippen molar-refractivity contribution < 1.29 is 5.11 Å². The number of fused-ring (bicyclic) bond motifs is 1. The number of benzene rings is 1. The maximum absolute atomic E-state index is 13.2. The number of hydrogen-bond donors (Lipinski definition) is 2. The van der Waals surface area contributed by atoms with Crippen molar-refractivity contribution in [2.45, 2.75) is 44.4 Å². The second-order valence-electron chi connectivity index (χ2n) is 7.75. The van der Waals surface area contributed by atoms with Gasteiger partial charge in [-0.2, -0.15) is 4.98 Å². The molecule has 4 rings (SSSR count). The fourth-order valence-corrected chi connectivity index (χ4v) is 4.30. The molecule has 0 spiro atoms. The molecule has 0 aliphatic heterocycles. The Morgan fingerprint density at radius 2 is 1.87 bits per heavy atom. The molecule has 1 aliphatic carbocycles. The van der Waals surface area contributed by atoms with Gasteiger partial charge in [-0.3, -0.25) is 13.9 Å². The third-order valence-corrected chi connectivity index (χ3v) is 6.47. The molecule has 160 valence electrons. The van der Waals surface area contributed by atoms with E-state index in [1.54, 1.807) is 36.9 Å². The molecule has 2 atom stereocenters.